The van der Waals surface area contributed by atoms with E-state index in [-0.39, 0.29) is 21.7 Å². The van der Waals surface area contributed by atoms with Crippen molar-refractivity contribution in [2.45, 2.75) is 162 Å². The van der Waals surface area contributed by atoms with Gasteiger partial charge in [0.25, 0.3) is 0 Å². The molecule has 0 aliphatic heterocycles. The van der Waals surface area contributed by atoms with Crippen LogP contribution in [-0.4, -0.2) is 0 Å². The molecule has 0 fully saturated rings. The summed E-state index contributed by atoms with van der Waals surface area (Å²) in [6.07, 6.45) is 11.7. The number of aryl methyl sites for hydroxylation is 3. The standard InChI is InChI=1S/C55H69ClN2/c1-12-14-16-39-18-22-41(23-19-39)57(42-24-20-40(21-25-42)17-15-13-2)49-34-38(3)35-50(51(49)56)58(43-26-28-45-47(36-43)54(8,9)32-30-52(45,4)5)44-27-29-46-48(37-44)55(10,11)33-31-53(46,6)7/h18-29,34-37H,12-17,30-33H2,1-11H3. The molecule has 0 amide bonds. The summed E-state index contributed by atoms with van der Waals surface area (Å²) < 4.78 is 0. The summed E-state index contributed by atoms with van der Waals surface area (Å²) in [6.45, 7) is 26.1. The van der Waals surface area contributed by atoms with E-state index in [0.717, 1.165) is 64.8 Å². The molecule has 0 N–H and O–H groups in total. The van der Waals surface area contributed by atoms with Crippen LogP contribution in [-0.2, 0) is 34.5 Å². The van der Waals surface area contributed by atoms with Crippen LogP contribution >= 0.6 is 11.6 Å². The molecule has 5 aromatic rings. The second-order valence-corrected chi connectivity index (χ2v) is 20.7. The van der Waals surface area contributed by atoms with Crippen molar-refractivity contribution in [3.63, 3.8) is 0 Å². The van der Waals surface area contributed by atoms with Gasteiger partial charge in [0.05, 0.1) is 16.4 Å². The third-order valence-electron chi connectivity index (χ3n) is 13.9. The Kier molecular flexibility index (Phi) is 11.8. The maximum Gasteiger partial charge on any atom is 0.0887 e. The molecule has 2 aliphatic carbocycles. The quantitative estimate of drug-likeness (QED) is 0.124. The first-order valence-corrected chi connectivity index (χ1v) is 22.7. The van der Waals surface area contributed by atoms with Crippen LogP contribution in [0, 0.1) is 6.92 Å². The Balaban J connectivity index is 1.46. The van der Waals surface area contributed by atoms with Crippen LogP contribution in [0.3, 0.4) is 0 Å². The van der Waals surface area contributed by atoms with Crippen LogP contribution in [0.2, 0.25) is 5.02 Å². The molecule has 7 rings (SSSR count). The van der Waals surface area contributed by atoms with Crippen molar-refractivity contribution in [3.05, 3.63) is 141 Å². The summed E-state index contributed by atoms with van der Waals surface area (Å²) in [7, 11) is 0. The Morgan fingerprint density at radius 3 is 1.14 bits per heavy atom. The van der Waals surface area contributed by atoms with E-state index in [1.807, 2.05) is 0 Å². The molecule has 306 valence electrons. The Labute approximate surface area is 357 Å². The van der Waals surface area contributed by atoms with Crippen LogP contribution in [0.4, 0.5) is 34.1 Å². The lowest BCUT2D eigenvalue weighted by Gasteiger charge is -2.43. The lowest BCUT2D eigenvalue weighted by atomic mass is 9.63. The van der Waals surface area contributed by atoms with Gasteiger partial charge >= 0.3 is 0 Å². The van der Waals surface area contributed by atoms with E-state index >= 15 is 0 Å². The van der Waals surface area contributed by atoms with Gasteiger partial charge in [-0.1, -0.05) is 130 Å². The van der Waals surface area contributed by atoms with Gasteiger partial charge in [-0.05, 0) is 180 Å². The average Bonchev–Trinajstić information content (AvgIpc) is 3.19. The number of hydrogen-bond donors (Lipinski definition) is 0. The number of benzene rings is 5. The number of hydrogen-bond acceptors (Lipinski definition) is 2. The molecule has 0 radical (unpaired) electrons. The zero-order chi connectivity index (χ0) is 41.6. The molecule has 0 atom stereocenters. The average molecular weight is 794 g/mol. The molecule has 0 heterocycles. The SMILES string of the molecule is CCCCc1ccc(N(c2ccc(CCCC)cc2)c2cc(C)cc(N(c3ccc4c(c3)C(C)(C)CCC4(C)C)c3ccc4c(c3)C(C)(C)CCC4(C)C)c2Cl)cc1. The van der Waals surface area contributed by atoms with Gasteiger partial charge in [-0.25, -0.2) is 0 Å². The molecule has 58 heavy (non-hydrogen) atoms. The highest BCUT2D eigenvalue weighted by atomic mass is 35.5. The predicted octanol–water partition coefficient (Wildman–Crippen LogP) is 17.0. The highest BCUT2D eigenvalue weighted by Gasteiger charge is 2.39. The fourth-order valence-electron chi connectivity index (χ4n) is 9.73. The Hall–Kier alpha value is -4.01. The largest absolute Gasteiger partial charge is 0.309 e. The summed E-state index contributed by atoms with van der Waals surface area (Å²) in [5.41, 5.74) is 16.7. The zero-order valence-electron chi connectivity index (χ0n) is 37.6. The van der Waals surface area contributed by atoms with E-state index in [2.05, 4.69) is 183 Å². The van der Waals surface area contributed by atoms with Crippen molar-refractivity contribution in [1.29, 1.82) is 0 Å². The maximum absolute atomic E-state index is 7.98. The second-order valence-electron chi connectivity index (χ2n) is 20.3. The monoisotopic (exact) mass is 793 g/mol. The summed E-state index contributed by atoms with van der Waals surface area (Å²) in [6, 6.07) is 37.5. The third-order valence-corrected chi connectivity index (χ3v) is 14.3. The van der Waals surface area contributed by atoms with Gasteiger partial charge in [-0.2, -0.15) is 0 Å². The molecule has 0 aromatic heterocycles. The van der Waals surface area contributed by atoms with Crippen molar-refractivity contribution in [2.24, 2.45) is 0 Å². The number of unbranched alkanes of at least 4 members (excludes halogenated alkanes) is 2. The van der Waals surface area contributed by atoms with E-state index in [1.165, 1.54) is 77.5 Å². The van der Waals surface area contributed by atoms with E-state index in [0.29, 0.717) is 0 Å². The summed E-state index contributed by atoms with van der Waals surface area (Å²) >= 11 is 7.98. The van der Waals surface area contributed by atoms with Crippen LogP contribution in [0.25, 0.3) is 0 Å². The molecule has 0 saturated carbocycles. The highest BCUT2D eigenvalue weighted by molar-refractivity contribution is 6.36. The first-order chi connectivity index (χ1) is 27.5. The Bertz CT molecular complexity index is 2110. The minimum Gasteiger partial charge on any atom is -0.309 e. The number of fused-ring (bicyclic) bond motifs is 2. The molecule has 0 bridgehead atoms. The molecular formula is C55H69ClN2. The van der Waals surface area contributed by atoms with Crippen LogP contribution in [0.5, 0.6) is 0 Å². The molecule has 0 unspecified atom stereocenters. The van der Waals surface area contributed by atoms with E-state index in [9.17, 15) is 0 Å². The lowest BCUT2D eigenvalue weighted by Crippen LogP contribution is -2.34. The zero-order valence-corrected chi connectivity index (χ0v) is 38.3. The first-order valence-electron chi connectivity index (χ1n) is 22.3. The second kappa shape index (κ2) is 16.2. The fourth-order valence-corrected chi connectivity index (χ4v) is 10.0. The van der Waals surface area contributed by atoms with Gasteiger partial charge in [0, 0.05) is 22.7 Å². The van der Waals surface area contributed by atoms with Gasteiger partial charge in [0.15, 0.2) is 0 Å². The topological polar surface area (TPSA) is 6.48 Å². The summed E-state index contributed by atoms with van der Waals surface area (Å²) in [5.74, 6) is 0. The smallest absolute Gasteiger partial charge is 0.0887 e. The molecule has 5 aromatic carbocycles. The normalized spacial score (nSPS) is 17.3. The molecule has 3 heteroatoms. The Morgan fingerprint density at radius 2 is 0.776 bits per heavy atom. The number of rotatable bonds is 12. The fraction of sp³-hybridized carbons (Fsp3) is 0.455. The first kappa shape index (κ1) is 42.1. The molecule has 2 nitrogen and oxygen atoms in total. The minimum absolute atomic E-state index is 0.0688. The van der Waals surface area contributed by atoms with Gasteiger partial charge in [-0.3, -0.25) is 0 Å². The van der Waals surface area contributed by atoms with Gasteiger partial charge < -0.3 is 9.80 Å². The van der Waals surface area contributed by atoms with Gasteiger partial charge in [0.2, 0.25) is 0 Å². The van der Waals surface area contributed by atoms with Crippen LogP contribution < -0.4 is 9.80 Å². The highest BCUT2D eigenvalue weighted by Crippen LogP contribution is 2.53. The summed E-state index contributed by atoms with van der Waals surface area (Å²) in [5, 5.41) is 0.741. The van der Waals surface area contributed by atoms with Gasteiger partial charge in [-0.15, -0.1) is 0 Å². The van der Waals surface area contributed by atoms with Crippen molar-refractivity contribution in [3.8, 4) is 0 Å². The van der Waals surface area contributed by atoms with Crippen molar-refractivity contribution < 1.29 is 0 Å². The van der Waals surface area contributed by atoms with E-state index in [1.54, 1.807) is 0 Å². The van der Waals surface area contributed by atoms with Crippen molar-refractivity contribution >= 4 is 45.7 Å². The van der Waals surface area contributed by atoms with Crippen molar-refractivity contribution in [1.82, 2.24) is 0 Å². The molecule has 2 aliphatic rings. The predicted molar refractivity (Wildman–Crippen MR) is 253 cm³/mol. The van der Waals surface area contributed by atoms with E-state index in [4.69, 9.17) is 11.6 Å². The summed E-state index contributed by atoms with van der Waals surface area (Å²) in [4.78, 5) is 4.84. The third kappa shape index (κ3) is 8.25. The molecule has 0 spiro atoms. The number of nitrogens with zero attached hydrogens (tertiary/aromatic N) is 2. The molecular weight excluding hydrogens is 724 g/mol. The van der Waals surface area contributed by atoms with Crippen LogP contribution in [0.15, 0.2) is 97.1 Å². The number of anilines is 6. The maximum atomic E-state index is 7.98. The van der Waals surface area contributed by atoms with E-state index < -0.39 is 0 Å². The Morgan fingerprint density at radius 1 is 0.448 bits per heavy atom. The van der Waals surface area contributed by atoms with Crippen molar-refractivity contribution in [2.75, 3.05) is 9.80 Å². The number of halogens is 1. The minimum atomic E-state index is 0.0688. The van der Waals surface area contributed by atoms with Crippen LogP contribution in [0.1, 0.15) is 160 Å². The lowest BCUT2D eigenvalue weighted by molar-refractivity contribution is 0.332. The molecule has 0 saturated heterocycles. The van der Waals surface area contributed by atoms with Gasteiger partial charge in [0.1, 0.15) is 0 Å².